The van der Waals surface area contributed by atoms with Crippen molar-refractivity contribution in [3.8, 4) is 5.75 Å². The van der Waals surface area contributed by atoms with Gasteiger partial charge in [-0.05, 0) is 31.7 Å². The highest BCUT2D eigenvalue weighted by molar-refractivity contribution is 5.76. The van der Waals surface area contributed by atoms with Crippen LogP contribution in [0.15, 0.2) is 24.3 Å². The number of nitrogens with one attached hydrogen (secondary N) is 2. The molecule has 1 atom stereocenters. The van der Waals surface area contributed by atoms with Crippen molar-refractivity contribution in [1.29, 1.82) is 0 Å². The highest BCUT2D eigenvalue weighted by Gasteiger charge is 2.38. The lowest BCUT2D eigenvalue weighted by atomic mass is 9.78. The van der Waals surface area contributed by atoms with Crippen LogP contribution in [0.2, 0.25) is 0 Å². The van der Waals surface area contributed by atoms with Crippen LogP contribution in [0.3, 0.4) is 0 Å². The molecule has 1 saturated heterocycles. The van der Waals surface area contributed by atoms with Crippen LogP contribution in [-0.2, 0) is 10.2 Å². The van der Waals surface area contributed by atoms with Crippen LogP contribution in [0, 0.1) is 0 Å². The molecule has 126 valence electrons. The minimum atomic E-state index is 0.177. The molecule has 1 heterocycles. The van der Waals surface area contributed by atoms with Gasteiger partial charge >= 0.3 is 0 Å². The second-order valence-corrected chi connectivity index (χ2v) is 6.94. The average Bonchev–Trinajstić information content (AvgIpc) is 2.97. The molecule has 1 saturated carbocycles. The maximum Gasteiger partial charge on any atom is 0.220 e. The third-order valence-corrected chi connectivity index (χ3v) is 5.50. The van der Waals surface area contributed by atoms with E-state index in [1.165, 1.54) is 31.2 Å². The van der Waals surface area contributed by atoms with Gasteiger partial charge in [0, 0.05) is 36.5 Å². The van der Waals surface area contributed by atoms with E-state index in [1.807, 2.05) is 6.07 Å². The summed E-state index contributed by atoms with van der Waals surface area (Å²) in [5.74, 6) is 1.20. The standard InChI is InChI=1S/C19H28N2O2/c1-23-17-7-3-2-6-16(17)19(11-4-5-12-19)14-21-15-8-9-18(22)20-13-10-15/h2-3,6-7,15,21H,4-5,8-14H2,1H3,(H,20,22)/t15-/m1/s1. The summed E-state index contributed by atoms with van der Waals surface area (Å²) in [6, 6.07) is 8.89. The van der Waals surface area contributed by atoms with Crippen molar-refractivity contribution >= 4 is 5.91 Å². The van der Waals surface area contributed by atoms with Gasteiger partial charge in [-0.1, -0.05) is 31.0 Å². The smallest absolute Gasteiger partial charge is 0.220 e. The number of carbonyl (C=O) groups is 1. The topological polar surface area (TPSA) is 50.4 Å². The predicted octanol–water partition coefficient (Wildman–Crippen LogP) is 2.77. The molecule has 0 bridgehead atoms. The first kappa shape index (κ1) is 16.3. The Labute approximate surface area is 139 Å². The van der Waals surface area contributed by atoms with Gasteiger partial charge in [0.25, 0.3) is 0 Å². The first-order valence-corrected chi connectivity index (χ1v) is 8.87. The first-order chi connectivity index (χ1) is 11.2. The first-order valence-electron chi connectivity index (χ1n) is 8.87. The molecule has 1 aromatic carbocycles. The van der Waals surface area contributed by atoms with Crippen molar-refractivity contribution in [3.05, 3.63) is 29.8 Å². The van der Waals surface area contributed by atoms with E-state index in [-0.39, 0.29) is 11.3 Å². The highest BCUT2D eigenvalue weighted by Crippen LogP contribution is 2.44. The fourth-order valence-corrected chi connectivity index (χ4v) is 4.14. The molecule has 4 nitrogen and oxygen atoms in total. The molecule has 2 fully saturated rings. The third-order valence-electron chi connectivity index (χ3n) is 5.50. The number of methoxy groups -OCH3 is 1. The number of carbonyl (C=O) groups excluding carboxylic acids is 1. The summed E-state index contributed by atoms with van der Waals surface area (Å²) >= 11 is 0. The zero-order valence-corrected chi connectivity index (χ0v) is 14.1. The Morgan fingerprint density at radius 2 is 2.04 bits per heavy atom. The maximum absolute atomic E-state index is 11.5. The van der Waals surface area contributed by atoms with E-state index >= 15 is 0 Å². The van der Waals surface area contributed by atoms with Crippen molar-refractivity contribution in [2.45, 2.75) is 56.4 Å². The number of benzene rings is 1. The van der Waals surface area contributed by atoms with Crippen molar-refractivity contribution in [3.63, 3.8) is 0 Å². The molecule has 1 aliphatic heterocycles. The quantitative estimate of drug-likeness (QED) is 0.878. The van der Waals surface area contributed by atoms with E-state index in [2.05, 4.69) is 28.8 Å². The Kier molecular flexibility index (Phi) is 5.21. The minimum Gasteiger partial charge on any atom is -0.496 e. The number of rotatable bonds is 5. The van der Waals surface area contributed by atoms with Crippen LogP contribution in [0.5, 0.6) is 5.75 Å². The van der Waals surface area contributed by atoms with Crippen LogP contribution in [0.1, 0.15) is 50.5 Å². The number of amides is 1. The molecule has 2 N–H and O–H groups in total. The molecule has 0 spiro atoms. The lowest BCUT2D eigenvalue weighted by molar-refractivity contribution is -0.120. The SMILES string of the molecule is COc1ccccc1C1(CN[C@H]2CCNC(=O)CC2)CCCC1. The second-order valence-electron chi connectivity index (χ2n) is 6.94. The number of hydrogen-bond acceptors (Lipinski definition) is 3. The Balaban J connectivity index is 1.72. The summed E-state index contributed by atoms with van der Waals surface area (Å²) in [7, 11) is 1.76. The normalized spacial score (nSPS) is 24.0. The lowest BCUT2D eigenvalue weighted by Crippen LogP contribution is -2.41. The molecule has 1 amide bonds. The van der Waals surface area contributed by atoms with Crippen molar-refractivity contribution in [1.82, 2.24) is 10.6 Å². The van der Waals surface area contributed by atoms with E-state index in [0.29, 0.717) is 12.5 Å². The van der Waals surface area contributed by atoms with Crippen LogP contribution in [0.25, 0.3) is 0 Å². The zero-order chi connectivity index (χ0) is 16.1. The predicted molar refractivity (Wildman–Crippen MR) is 91.8 cm³/mol. The van der Waals surface area contributed by atoms with Crippen LogP contribution in [0.4, 0.5) is 0 Å². The van der Waals surface area contributed by atoms with Crippen molar-refractivity contribution in [2.75, 3.05) is 20.2 Å². The molecule has 0 aromatic heterocycles. The molecule has 2 aliphatic rings. The van der Waals surface area contributed by atoms with Gasteiger partial charge in [0.15, 0.2) is 0 Å². The highest BCUT2D eigenvalue weighted by atomic mass is 16.5. The fourth-order valence-electron chi connectivity index (χ4n) is 4.14. The van der Waals surface area contributed by atoms with Gasteiger partial charge in [-0.15, -0.1) is 0 Å². The summed E-state index contributed by atoms with van der Waals surface area (Å²) in [4.78, 5) is 11.5. The number of ether oxygens (including phenoxy) is 1. The van der Waals surface area contributed by atoms with Crippen molar-refractivity contribution in [2.24, 2.45) is 0 Å². The largest absolute Gasteiger partial charge is 0.496 e. The molecule has 23 heavy (non-hydrogen) atoms. The summed E-state index contributed by atoms with van der Waals surface area (Å²) in [6.07, 6.45) is 7.59. The Morgan fingerprint density at radius 3 is 2.83 bits per heavy atom. The lowest BCUT2D eigenvalue weighted by Gasteiger charge is -2.33. The third kappa shape index (κ3) is 3.69. The van der Waals surface area contributed by atoms with Gasteiger partial charge in [0.05, 0.1) is 7.11 Å². The summed E-state index contributed by atoms with van der Waals surface area (Å²) in [5, 5.41) is 6.73. The van der Waals surface area contributed by atoms with Gasteiger partial charge in [-0.2, -0.15) is 0 Å². The molecule has 4 heteroatoms. The molecule has 0 unspecified atom stereocenters. The molecular weight excluding hydrogens is 288 g/mol. The summed E-state index contributed by atoms with van der Waals surface area (Å²) in [5.41, 5.74) is 1.52. The van der Waals surface area contributed by atoms with E-state index in [1.54, 1.807) is 7.11 Å². The minimum absolute atomic E-state index is 0.177. The Hall–Kier alpha value is -1.55. The van der Waals surface area contributed by atoms with Gasteiger partial charge in [-0.25, -0.2) is 0 Å². The van der Waals surface area contributed by atoms with Gasteiger partial charge < -0.3 is 15.4 Å². The Bertz CT molecular complexity index is 538. The Morgan fingerprint density at radius 1 is 1.26 bits per heavy atom. The molecule has 3 rings (SSSR count). The molecule has 1 aromatic rings. The van der Waals surface area contributed by atoms with Crippen LogP contribution < -0.4 is 15.4 Å². The second kappa shape index (κ2) is 7.35. The van der Waals surface area contributed by atoms with E-state index in [4.69, 9.17) is 4.74 Å². The molecule has 0 radical (unpaired) electrons. The number of para-hydroxylation sites is 1. The summed E-state index contributed by atoms with van der Waals surface area (Å²) in [6.45, 7) is 1.77. The van der Waals surface area contributed by atoms with E-state index in [9.17, 15) is 4.79 Å². The van der Waals surface area contributed by atoms with E-state index < -0.39 is 0 Å². The van der Waals surface area contributed by atoms with Crippen LogP contribution in [-0.4, -0.2) is 32.1 Å². The van der Waals surface area contributed by atoms with Gasteiger partial charge in [0.2, 0.25) is 5.91 Å². The van der Waals surface area contributed by atoms with Crippen molar-refractivity contribution < 1.29 is 9.53 Å². The van der Waals surface area contributed by atoms with E-state index in [0.717, 1.165) is 31.7 Å². The van der Waals surface area contributed by atoms with Crippen LogP contribution >= 0.6 is 0 Å². The fraction of sp³-hybridized carbons (Fsp3) is 0.632. The summed E-state index contributed by atoms with van der Waals surface area (Å²) < 4.78 is 5.63. The van der Waals surface area contributed by atoms with Gasteiger partial charge in [-0.3, -0.25) is 4.79 Å². The number of hydrogen-bond donors (Lipinski definition) is 2. The average molecular weight is 316 g/mol. The van der Waals surface area contributed by atoms with Gasteiger partial charge in [0.1, 0.15) is 5.75 Å². The zero-order valence-electron chi connectivity index (χ0n) is 14.1. The monoisotopic (exact) mass is 316 g/mol. The maximum atomic E-state index is 11.5. The molecule has 1 aliphatic carbocycles. The molecular formula is C19H28N2O2.